The number of ether oxygens (including phenoxy) is 2. The van der Waals surface area contributed by atoms with Gasteiger partial charge in [-0.1, -0.05) is 12.1 Å². The highest BCUT2D eigenvalue weighted by Gasteiger charge is 2.32. The Morgan fingerprint density at radius 1 is 1.10 bits per heavy atom. The van der Waals surface area contributed by atoms with Crippen molar-refractivity contribution in [2.24, 2.45) is 5.92 Å². The maximum absolute atomic E-state index is 11.7. The minimum atomic E-state index is 0.126. The number of hydrogen-bond acceptors (Lipinski definition) is 4. The van der Waals surface area contributed by atoms with Crippen LogP contribution in [0.4, 0.5) is 0 Å². The quantitative estimate of drug-likeness (QED) is 0.736. The standard InChI is InChI=1S/C24H32N2O3/c1-16(2)29-21-8-6-19(7-9-21)15-28-22-10-17(3)23(18(4)11-22)14-26-12-20(13-26)24(27)25-5/h6-11,16,20H,12-15H2,1-5H3,(H,25,27). The van der Waals surface area contributed by atoms with Gasteiger partial charge in [-0.25, -0.2) is 0 Å². The van der Waals surface area contributed by atoms with E-state index in [1.807, 2.05) is 38.1 Å². The van der Waals surface area contributed by atoms with Gasteiger partial charge in [-0.05, 0) is 74.2 Å². The van der Waals surface area contributed by atoms with Gasteiger partial charge in [-0.3, -0.25) is 9.69 Å². The fourth-order valence-electron chi connectivity index (χ4n) is 3.68. The summed E-state index contributed by atoms with van der Waals surface area (Å²) in [5, 5.41) is 2.73. The number of nitrogens with zero attached hydrogens (tertiary/aromatic N) is 1. The van der Waals surface area contributed by atoms with Gasteiger partial charge in [0, 0.05) is 26.7 Å². The second kappa shape index (κ2) is 9.31. The largest absolute Gasteiger partial charge is 0.491 e. The topological polar surface area (TPSA) is 50.8 Å². The Kier molecular flexibility index (Phi) is 6.80. The molecule has 0 bridgehead atoms. The van der Waals surface area contributed by atoms with Gasteiger partial charge in [0.15, 0.2) is 0 Å². The average molecular weight is 397 g/mol. The number of rotatable bonds is 8. The maximum Gasteiger partial charge on any atom is 0.225 e. The van der Waals surface area contributed by atoms with Crippen LogP contribution in [-0.2, 0) is 17.9 Å². The molecule has 1 fully saturated rings. The summed E-state index contributed by atoms with van der Waals surface area (Å²) in [5.74, 6) is 2.03. The molecule has 5 heteroatoms. The van der Waals surface area contributed by atoms with Gasteiger partial charge in [0.2, 0.25) is 5.91 Å². The van der Waals surface area contributed by atoms with E-state index >= 15 is 0 Å². The Labute approximate surface area is 174 Å². The lowest BCUT2D eigenvalue weighted by molar-refractivity contribution is -0.129. The lowest BCUT2D eigenvalue weighted by Crippen LogP contribution is -2.52. The molecule has 1 aliphatic rings. The van der Waals surface area contributed by atoms with Crippen molar-refractivity contribution >= 4 is 5.91 Å². The number of carbonyl (C=O) groups is 1. The Morgan fingerprint density at radius 3 is 2.28 bits per heavy atom. The van der Waals surface area contributed by atoms with Gasteiger partial charge < -0.3 is 14.8 Å². The smallest absolute Gasteiger partial charge is 0.225 e. The highest BCUT2D eigenvalue weighted by atomic mass is 16.5. The van der Waals surface area contributed by atoms with Crippen molar-refractivity contribution in [1.82, 2.24) is 10.2 Å². The maximum atomic E-state index is 11.7. The molecule has 29 heavy (non-hydrogen) atoms. The Balaban J connectivity index is 1.56. The summed E-state index contributed by atoms with van der Waals surface area (Å²) < 4.78 is 11.7. The van der Waals surface area contributed by atoms with Crippen LogP contribution in [0.15, 0.2) is 36.4 Å². The monoisotopic (exact) mass is 396 g/mol. The van der Waals surface area contributed by atoms with Crippen LogP contribution >= 0.6 is 0 Å². The summed E-state index contributed by atoms with van der Waals surface area (Å²) in [6, 6.07) is 12.3. The minimum Gasteiger partial charge on any atom is -0.491 e. The Hall–Kier alpha value is -2.53. The number of nitrogens with one attached hydrogen (secondary N) is 1. The highest BCUT2D eigenvalue weighted by molar-refractivity contribution is 5.79. The fourth-order valence-corrected chi connectivity index (χ4v) is 3.68. The van der Waals surface area contributed by atoms with Gasteiger partial charge in [0.25, 0.3) is 0 Å². The van der Waals surface area contributed by atoms with Crippen LogP contribution in [-0.4, -0.2) is 37.0 Å². The van der Waals surface area contributed by atoms with Gasteiger partial charge in [-0.2, -0.15) is 0 Å². The third-order valence-corrected chi connectivity index (χ3v) is 5.33. The van der Waals surface area contributed by atoms with Crippen molar-refractivity contribution < 1.29 is 14.3 Å². The molecule has 156 valence electrons. The summed E-state index contributed by atoms with van der Waals surface area (Å²) in [6.45, 7) is 11.4. The van der Waals surface area contributed by atoms with Gasteiger partial charge in [0.1, 0.15) is 18.1 Å². The Morgan fingerprint density at radius 2 is 1.72 bits per heavy atom. The zero-order valence-corrected chi connectivity index (χ0v) is 18.1. The molecule has 1 N–H and O–H groups in total. The molecule has 0 aromatic heterocycles. The second-order valence-electron chi connectivity index (χ2n) is 8.14. The average Bonchev–Trinajstić information content (AvgIpc) is 2.64. The van der Waals surface area contributed by atoms with Gasteiger partial charge in [0.05, 0.1) is 12.0 Å². The summed E-state index contributed by atoms with van der Waals surface area (Å²) in [4.78, 5) is 14.0. The molecule has 0 aliphatic carbocycles. The molecule has 0 radical (unpaired) electrons. The molecule has 1 amide bonds. The van der Waals surface area contributed by atoms with Crippen LogP contribution in [0.1, 0.15) is 36.1 Å². The first-order valence-corrected chi connectivity index (χ1v) is 10.3. The molecule has 2 aromatic carbocycles. The molecule has 1 saturated heterocycles. The number of carbonyl (C=O) groups excluding carboxylic acids is 1. The van der Waals surface area contributed by atoms with Crippen molar-refractivity contribution in [2.75, 3.05) is 20.1 Å². The van der Waals surface area contributed by atoms with E-state index in [0.717, 1.165) is 36.7 Å². The first-order chi connectivity index (χ1) is 13.9. The van der Waals surface area contributed by atoms with Crippen LogP contribution in [0, 0.1) is 19.8 Å². The summed E-state index contributed by atoms with van der Waals surface area (Å²) in [7, 11) is 1.70. The molecule has 1 heterocycles. The van der Waals surface area contributed by atoms with Crippen molar-refractivity contribution in [3.05, 3.63) is 58.7 Å². The van der Waals surface area contributed by atoms with E-state index in [9.17, 15) is 4.79 Å². The molecule has 0 spiro atoms. The van der Waals surface area contributed by atoms with E-state index in [-0.39, 0.29) is 17.9 Å². The van der Waals surface area contributed by atoms with E-state index in [0.29, 0.717) is 6.61 Å². The number of aryl methyl sites for hydroxylation is 2. The molecular weight excluding hydrogens is 364 g/mol. The zero-order valence-electron chi connectivity index (χ0n) is 18.1. The molecule has 1 aliphatic heterocycles. The lowest BCUT2D eigenvalue weighted by atomic mass is 9.95. The van der Waals surface area contributed by atoms with Crippen LogP contribution < -0.4 is 14.8 Å². The van der Waals surface area contributed by atoms with Gasteiger partial charge >= 0.3 is 0 Å². The molecular formula is C24H32N2O3. The molecule has 0 saturated carbocycles. The van der Waals surface area contributed by atoms with E-state index in [2.05, 4.69) is 36.2 Å². The van der Waals surface area contributed by atoms with Crippen molar-refractivity contribution in [2.45, 2.75) is 47.0 Å². The number of benzene rings is 2. The number of amides is 1. The predicted molar refractivity (Wildman–Crippen MR) is 115 cm³/mol. The third-order valence-electron chi connectivity index (χ3n) is 5.33. The third kappa shape index (κ3) is 5.51. The highest BCUT2D eigenvalue weighted by Crippen LogP contribution is 2.27. The van der Waals surface area contributed by atoms with Crippen molar-refractivity contribution in [1.29, 1.82) is 0 Å². The molecule has 0 atom stereocenters. The fraction of sp³-hybridized carbons (Fsp3) is 0.458. The SMILES string of the molecule is CNC(=O)C1CN(Cc2c(C)cc(OCc3ccc(OC(C)C)cc3)cc2C)C1. The van der Waals surface area contributed by atoms with Crippen LogP contribution in [0.3, 0.4) is 0 Å². The van der Waals surface area contributed by atoms with E-state index < -0.39 is 0 Å². The minimum absolute atomic E-state index is 0.126. The number of likely N-dealkylation sites (tertiary alicyclic amines) is 1. The molecule has 3 rings (SSSR count). The van der Waals surface area contributed by atoms with Crippen molar-refractivity contribution in [3.63, 3.8) is 0 Å². The van der Waals surface area contributed by atoms with E-state index in [1.165, 1.54) is 16.7 Å². The lowest BCUT2D eigenvalue weighted by Gasteiger charge is -2.38. The van der Waals surface area contributed by atoms with Crippen LogP contribution in [0.25, 0.3) is 0 Å². The summed E-state index contributed by atoms with van der Waals surface area (Å²) in [5.41, 5.74) is 4.89. The Bertz CT molecular complexity index is 817. The van der Waals surface area contributed by atoms with E-state index in [4.69, 9.17) is 9.47 Å². The van der Waals surface area contributed by atoms with E-state index in [1.54, 1.807) is 7.05 Å². The zero-order chi connectivity index (χ0) is 21.0. The first-order valence-electron chi connectivity index (χ1n) is 10.3. The molecule has 0 unspecified atom stereocenters. The first kappa shape index (κ1) is 21.2. The predicted octanol–water partition coefficient (Wildman–Crippen LogP) is 3.85. The summed E-state index contributed by atoms with van der Waals surface area (Å²) in [6.07, 6.45) is 0.174. The second-order valence-corrected chi connectivity index (χ2v) is 8.14. The summed E-state index contributed by atoms with van der Waals surface area (Å²) >= 11 is 0. The van der Waals surface area contributed by atoms with Crippen LogP contribution in [0.5, 0.6) is 11.5 Å². The van der Waals surface area contributed by atoms with Crippen LogP contribution in [0.2, 0.25) is 0 Å². The van der Waals surface area contributed by atoms with Crippen molar-refractivity contribution in [3.8, 4) is 11.5 Å². The molecule has 2 aromatic rings. The van der Waals surface area contributed by atoms with Gasteiger partial charge in [-0.15, -0.1) is 0 Å². The number of hydrogen-bond donors (Lipinski definition) is 1. The normalized spacial score (nSPS) is 14.6. The molecule has 5 nitrogen and oxygen atoms in total.